The van der Waals surface area contributed by atoms with E-state index in [9.17, 15) is 4.79 Å². The number of unbranched alkanes of at least 4 members (excludes halogenated alkanes) is 1. The quantitative estimate of drug-likeness (QED) is 0.626. The molecule has 1 fully saturated rings. The Morgan fingerprint density at radius 2 is 1.93 bits per heavy atom. The van der Waals surface area contributed by atoms with Gasteiger partial charge in [0, 0.05) is 18.3 Å². The van der Waals surface area contributed by atoms with Crippen LogP contribution in [0.1, 0.15) is 43.0 Å². The summed E-state index contributed by atoms with van der Waals surface area (Å²) in [4.78, 5) is 20.2. The maximum Gasteiger partial charge on any atom is 0.255 e. The predicted octanol–water partition coefficient (Wildman–Crippen LogP) is 3.83. The minimum Gasteiger partial charge on any atom is -0.385 e. The summed E-state index contributed by atoms with van der Waals surface area (Å²) in [5.74, 6) is 1.02. The first-order valence-electron chi connectivity index (χ1n) is 11.0. The number of hydrogen-bond acceptors (Lipinski definition) is 4. The van der Waals surface area contributed by atoms with Gasteiger partial charge >= 0.3 is 0 Å². The number of benzene rings is 1. The van der Waals surface area contributed by atoms with Crippen LogP contribution in [0.4, 0.5) is 5.82 Å². The van der Waals surface area contributed by atoms with Crippen LogP contribution in [0.15, 0.2) is 48.7 Å². The van der Waals surface area contributed by atoms with Crippen molar-refractivity contribution in [3.8, 4) is 11.3 Å². The summed E-state index contributed by atoms with van der Waals surface area (Å²) in [5.41, 5.74) is 9.11. The molecule has 0 bridgehead atoms. The number of pyridine rings is 1. The second kappa shape index (κ2) is 9.30. The molecule has 0 spiro atoms. The molecule has 0 unspecified atom stereocenters. The van der Waals surface area contributed by atoms with Gasteiger partial charge in [0.15, 0.2) is 5.65 Å². The fraction of sp³-hybridized carbons (Fsp3) is 0.417. The zero-order chi connectivity index (χ0) is 20.9. The van der Waals surface area contributed by atoms with Gasteiger partial charge < -0.3 is 16.0 Å². The summed E-state index contributed by atoms with van der Waals surface area (Å²) >= 11 is 0. The highest BCUT2D eigenvalue weighted by Gasteiger charge is 2.21. The number of amides is 1. The number of aromatic nitrogens is 2. The van der Waals surface area contributed by atoms with Crippen LogP contribution in [0.25, 0.3) is 16.9 Å². The summed E-state index contributed by atoms with van der Waals surface area (Å²) < 4.78 is 1.80. The molecule has 3 N–H and O–H groups in total. The van der Waals surface area contributed by atoms with Gasteiger partial charge in [-0.3, -0.25) is 9.20 Å². The summed E-state index contributed by atoms with van der Waals surface area (Å²) in [6.45, 7) is 6.41. The molecule has 6 nitrogen and oxygen atoms in total. The van der Waals surface area contributed by atoms with E-state index in [0.717, 1.165) is 37.2 Å². The van der Waals surface area contributed by atoms with Crippen molar-refractivity contribution in [2.24, 2.45) is 5.92 Å². The molecule has 1 aliphatic rings. The molecule has 2 aromatic heterocycles. The normalized spacial score (nSPS) is 15.5. The van der Waals surface area contributed by atoms with Gasteiger partial charge in [0.1, 0.15) is 5.82 Å². The average molecular weight is 406 g/mol. The van der Waals surface area contributed by atoms with Crippen molar-refractivity contribution in [2.45, 2.75) is 32.6 Å². The van der Waals surface area contributed by atoms with E-state index in [1.807, 2.05) is 36.5 Å². The SMILES string of the molecule is CCCCN1CCC(CNC(=O)c2ccc(N)n3cc(-c4ccccc4)nc23)CC1. The Morgan fingerprint density at radius 1 is 1.17 bits per heavy atom. The first-order valence-corrected chi connectivity index (χ1v) is 11.0. The molecule has 158 valence electrons. The standard InChI is InChI=1S/C24H31N5O/c1-2-3-13-28-14-11-18(12-15-28)16-26-24(30)20-9-10-22(25)29-17-21(27-23(20)29)19-7-5-4-6-8-19/h4-10,17-18H,2-3,11-16,25H2,1H3,(H,26,30). The van der Waals surface area contributed by atoms with Gasteiger partial charge in [-0.1, -0.05) is 43.7 Å². The number of nitrogen functional groups attached to an aromatic ring is 1. The molecule has 3 aromatic rings. The molecule has 3 heterocycles. The Hall–Kier alpha value is -2.86. The number of carbonyl (C=O) groups is 1. The fourth-order valence-electron chi connectivity index (χ4n) is 4.14. The van der Waals surface area contributed by atoms with E-state index in [1.54, 1.807) is 16.5 Å². The summed E-state index contributed by atoms with van der Waals surface area (Å²) in [6.07, 6.45) is 6.68. The number of nitrogens with zero attached hydrogens (tertiary/aromatic N) is 3. The molecule has 1 aliphatic heterocycles. The average Bonchev–Trinajstić information content (AvgIpc) is 3.24. The molecular formula is C24H31N5O. The number of likely N-dealkylation sites (tertiary alicyclic amines) is 1. The van der Waals surface area contributed by atoms with E-state index in [-0.39, 0.29) is 5.91 Å². The van der Waals surface area contributed by atoms with Crippen LogP contribution < -0.4 is 11.1 Å². The molecular weight excluding hydrogens is 374 g/mol. The van der Waals surface area contributed by atoms with Crippen LogP contribution in [-0.2, 0) is 0 Å². The molecule has 30 heavy (non-hydrogen) atoms. The number of fused-ring (bicyclic) bond motifs is 1. The number of carbonyl (C=O) groups excluding carboxylic acids is 1. The van der Waals surface area contributed by atoms with Crippen LogP contribution in [0.5, 0.6) is 0 Å². The number of imidazole rings is 1. The van der Waals surface area contributed by atoms with Crippen LogP contribution in [0.3, 0.4) is 0 Å². The molecule has 1 amide bonds. The van der Waals surface area contributed by atoms with Crippen molar-refractivity contribution in [3.05, 3.63) is 54.2 Å². The van der Waals surface area contributed by atoms with E-state index in [4.69, 9.17) is 10.7 Å². The number of rotatable bonds is 7. The molecule has 0 radical (unpaired) electrons. The Kier molecular flexibility index (Phi) is 6.33. The number of piperidine rings is 1. The Balaban J connectivity index is 1.44. The highest BCUT2D eigenvalue weighted by Crippen LogP contribution is 2.23. The lowest BCUT2D eigenvalue weighted by atomic mass is 9.96. The van der Waals surface area contributed by atoms with E-state index < -0.39 is 0 Å². The second-order valence-corrected chi connectivity index (χ2v) is 8.21. The van der Waals surface area contributed by atoms with Crippen LogP contribution >= 0.6 is 0 Å². The first-order chi connectivity index (χ1) is 14.7. The van der Waals surface area contributed by atoms with Gasteiger partial charge in [0.25, 0.3) is 5.91 Å². The Labute approximate surface area is 178 Å². The number of hydrogen-bond donors (Lipinski definition) is 2. The van der Waals surface area contributed by atoms with Gasteiger partial charge in [-0.25, -0.2) is 4.98 Å². The van der Waals surface area contributed by atoms with Crippen LogP contribution in [-0.4, -0.2) is 46.4 Å². The van der Waals surface area contributed by atoms with Gasteiger partial charge in [0.2, 0.25) is 0 Å². The lowest BCUT2D eigenvalue weighted by Gasteiger charge is -2.31. The van der Waals surface area contributed by atoms with Crippen LogP contribution in [0, 0.1) is 5.92 Å². The smallest absolute Gasteiger partial charge is 0.255 e. The summed E-state index contributed by atoms with van der Waals surface area (Å²) in [7, 11) is 0. The van der Waals surface area contributed by atoms with Crippen molar-refractivity contribution >= 4 is 17.4 Å². The molecule has 0 atom stereocenters. The monoisotopic (exact) mass is 405 g/mol. The molecule has 1 aromatic carbocycles. The van der Waals surface area contributed by atoms with E-state index in [0.29, 0.717) is 29.5 Å². The molecule has 0 aliphatic carbocycles. The molecule has 6 heteroatoms. The van der Waals surface area contributed by atoms with Gasteiger partial charge in [0.05, 0.1) is 11.3 Å². The molecule has 1 saturated heterocycles. The Bertz CT molecular complexity index is 990. The summed E-state index contributed by atoms with van der Waals surface area (Å²) in [5, 5.41) is 3.14. The molecule has 4 rings (SSSR count). The third kappa shape index (κ3) is 4.49. The Morgan fingerprint density at radius 3 is 2.67 bits per heavy atom. The largest absolute Gasteiger partial charge is 0.385 e. The van der Waals surface area contributed by atoms with Gasteiger partial charge in [-0.2, -0.15) is 0 Å². The maximum absolute atomic E-state index is 12.9. The third-order valence-electron chi connectivity index (χ3n) is 6.05. The van der Waals surface area contributed by atoms with Gasteiger partial charge in [-0.15, -0.1) is 0 Å². The number of nitrogens with one attached hydrogen (secondary N) is 1. The van der Waals surface area contributed by atoms with Crippen LogP contribution in [0.2, 0.25) is 0 Å². The van der Waals surface area contributed by atoms with Crippen molar-refractivity contribution in [2.75, 3.05) is 31.9 Å². The first kappa shape index (κ1) is 20.4. The second-order valence-electron chi connectivity index (χ2n) is 8.21. The van der Waals surface area contributed by atoms with Gasteiger partial charge in [-0.05, 0) is 56.9 Å². The van der Waals surface area contributed by atoms with E-state index in [1.165, 1.54) is 19.4 Å². The zero-order valence-electron chi connectivity index (χ0n) is 17.7. The zero-order valence-corrected chi connectivity index (χ0v) is 17.7. The summed E-state index contributed by atoms with van der Waals surface area (Å²) in [6, 6.07) is 13.5. The van der Waals surface area contributed by atoms with Crippen molar-refractivity contribution in [1.29, 1.82) is 0 Å². The maximum atomic E-state index is 12.9. The van der Waals surface area contributed by atoms with Crippen molar-refractivity contribution in [1.82, 2.24) is 19.6 Å². The third-order valence-corrected chi connectivity index (χ3v) is 6.05. The lowest BCUT2D eigenvalue weighted by Crippen LogP contribution is -2.39. The highest BCUT2D eigenvalue weighted by molar-refractivity contribution is 6.00. The predicted molar refractivity (Wildman–Crippen MR) is 121 cm³/mol. The van der Waals surface area contributed by atoms with E-state index >= 15 is 0 Å². The minimum atomic E-state index is -0.0846. The van der Waals surface area contributed by atoms with Crippen molar-refractivity contribution < 1.29 is 4.79 Å². The minimum absolute atomic E-state index is 0.0846. The van der Waals surface area contributed by atoms with Crippen molar-refractivity contribution in [3.63, 3.8) is 0 Å². The number of anilines is 1. The molecule has 0 saturated carbocycles. The fourth-order valence-corrected chi connectivity index (χ4v) is 4.14. The highest BCUT2D eigenvalue weighted by atomic mass is 16.1. The topological polar surface area (TPSA) is 75.7 Å². The van der Waals surface area contributed by atoms with E-state index in [2.05, 4.69) is 17.1 Å². The lowest BCUT2D eigenvalue weighted by molar-refractivity contribution is 0.0937. The number of nitrogens with two attached hydrogens (primary N) is 1.